The molecule has 0 aromatic heterocycles. The van der Waals surface area contributed by atoms with Gasteiger partial charge in [0.2, 0.25) is 0 Å². The molecule has 2 rings (SSSR count). The molecule has 0 aliphatic carbocycles. The molecular weight excluding hydrogens is 314 g/mol. The van der Waals surface area contributed by atoms with Crippen molar-refractivity contribution in [2.24, 2.45) is 0 Å². The van der Waals surface area contributed by atoms with Gasteiger partial charge in [0, 0.05) is 26.2 Å². The monoisotopic (exact) mass is 334 g/mol. The minimum atomic E-state index is -0.420. The van der Waals surface area contributed by atoms with Crippen LogP contribution in [0.2, 0.25) is 5.02 Å². The SMILES string of the molecule is C=C[C@@H](c1cc(F)c(OCC)c(Cl)c1)N1CCNCC1.Cl. The van der Waals surface area contributed by atoms with Gasteiger partial charge in [0.25, 0.3) is 0 Å². The van der Waals surface area contributed by atoms with Crippen LogP contribution in [-0.2, 0) is 0 Å². The first-order valence-corrected chi connectivity index (χ1v) is 7.24. The van der Waals surface area contributed by atoms with E-state index in [0.717, 1.165) is 31.7 Å². The minimum absolute atomic E-state index is 0. The van der Waals surface area contributed by atoms with Crippen LogP contribution in [0.5, 0.6) is 5.75 Å². The molecule has 0 bridgehead atoms. The van der Waals surface area contributed by atoms with Crippen LogP contribution in [0.15, 0.2) is 24.8 Å². The highest BCUT2D eigenvalue weighted by molar-refractivity contribution is 6.32. The van der Waals surface area contributed by atoms with Crippen LogP contribution in [0.25, 0.3) is 0 Å². The lowest BCUT2D eigenvalue weighted by atomic mass is 10.0. The highest BCUT2D eigenvalue weighted by Gasteiger charge is 2.22. The average Bonchev–Trinajstić information content (AvgIpc) is 2.45. The van der Waals surface area contributed by atoms with E-state index in [1.165, 1.54) is 6.07 Å². The lowest BCUT2D eigenvalue weighted by molar-refractivity contribution is 0.203. The molecule has 0 amide bonds. The van der Waals surface area contributed by atoms with Crippen LogP contribution < -0.4 is 10.1 Å². The first kappa shape index (κ1) is 18.2. The Labute approximate surface area is 136 Å². The number of rotatable bonds is 5. The van der Waals surface area contributed by atoms with Crippen molar-refractivity contribution in [3.8, 4) is 5.75 Å². The van der Waals surface area contributed by atoms with E-state index >= 15 is 0 Å². The minimum Gasteiger partial charge on any atom is -0.489 e. The Morgan fingerprint density at radius 1 is 1.48 bits per heavy atom. The number of nitrogens with one attached hydrogen (secondary N) is 1. The summed E-state index contributed by atoms with van der Waals surface area (Å²) < 4.78 is 19.3. The molecule has 1 fully saturated rings. The summed E-state index contributed by atoms with van der Waals surface area (Å²) in [4.78, 5) is 2.26. The van der Waals surface area contributed by atoms with Crippen molar-refractivity contribution in [2.75, 3.05) is 32.8 Å². The molecule has 1 aromatic carbocycles. The van der Waals surface area contributed by atoms with E-state index in [2.05, 4.69) is 16.8 Å². The maximum atomic E-state index is 14.1. The lowest BCUT2D eigenvalue weighted by Gasteiger charge is -2.33. The zero-order chi connectivity index (χ0) is 14.5. The molecule has 1 aliphatic heterocycles. The zero-order valence-electron chi connectivity index (χ0n) is 12.1. The first-order valence-electron chi connectivity index (χ1n) is 6.86. The van der Waals surface area contributed by atoms with Gasteiger partial charge in [0.1, 0.15) is 0 Å². The third-order valence-electron chi connectivity index (χ3n) is 3.42. The standard InChI is InChI=1S/C15H20ClFN2O.ClH/c1-3-14(19-7-5-18-6-8-19)11-9-12(16)15(20-4-2)13(17)10-11;/h3,9-10,14,18H,1,4-8H2,2H3;1H/t14-;/m0./s1. The highest BCUT2D eigenvalue weighted by atomic mass is 35.5. The Kier molecular flexibility index (Phi) is 7.46. The fourth-order valence-corrected chi connectivity index (χ4v) is 2.76. The van der Waals surface area contributed by atoms with E-state index in [1.807, 2.05) is 6.08 Å². The number of halogens is 3. The zero-order valence-corrected chi connectivity index (χ0v) is 13.6. The Balaban J connectivity index is 0.00000220. The molecule has 1 saturated heterocycles. The van der Waals surface area contributed by atoms with Crippen LogP contribution >= 0.6 is 24.0 Å². The van der Waals surface area contributed by atoms with Crippen molar-refractivity contribution >= 4 is 24.0 Å². The molecule has 118 valence electrons. The molecule has 6 heteroatoms. The van der Waals surface area contributed by atoms with Crippen LogP contribution in [0.3, 0.4) is 0 Å². The summed E-state index contributed by atoms with van der Waals surface area (Å²) in [6, 6.07) is 3.23. The van der Waals surface area contributed by atoms with Crippen molar-refractivity contribution in [3.63, 3.8) is 0 Å². The first-order chi connectivity index (χ1) is 9.67. The van der Waals surface area contributed by atoms with E-state index in [0.29, 0.717) is 11.6 Å². The fraction of sp³-hybridized carbons (Fsp3) is 0.467. The lowest BCUT2D eigenvalue weighted by Crippen LogP contribution is -2.44. The number of benzene rings is 1. The molecule has 21 heavy (non-hydrogen) atoms. The van der Waals surface area contributed by atoms with E-state index in [4.69, 9.17) is 16.3 Å². The van der Waals surface area contributed by atoms with Gasteiger partial charge in [-0.2, -0.15) is 0 Å². The fourth-order valence-electron chi connectivity index (χ4n) is 2.49. The summed E-state index contributed by atoms with van der Waals surface area (Å²) in [7, 11) is 0. The molecule has 1 atom stereocenters. The number of piperazine rings is 1. The van der Waals surface area contributed by atoms with Crippen molar-refractivity contribution in [1.82, 2.24) is 10.2 Å². The summed E-state index contributed by atoms with van der Waals surface area (Å²) in [6.07, 6.45) is 1.83. The van der Waals surface area contributed by atoms with Crippen molar-refractivity contribution in [2.45, 2.75) is 13.0 Å². The Morgan fingerprint density at radius 2 is 2.14 bits per heavy atom. The summed E-state index contributed by atoms with van der Waals surface area (Å²) >= 11 is 6.12. The van der Waals surface area contributed by atoms with Crippen molar-refractivity contribution in [3.05, 3.63) is 41.2 Å². The number of nitrogens with zero attached hydrogens (tertiary/aromatic N) is 1. The number of ether oxygens (including phenoxy) is 1. The van der Waals surface area contributed by atoms with Crippen LogP contribution in [0, 0.1) is 5.82 Å². The van der Waals surface area contributed by atoms with Gasteiger partial charge in [-0.15, -0.1) is 19.0 Å². The van der Waals surface area contributed by atoms with E-state index in [1.54, 1.807) is 13.0 Å². The van der Waals surface area contributed by atoms with Gasteiger partial charge in [-0.3, -0.25) is 4.90 Å². The van der Waals surface area contributed by atoms with E-state index < -0.39 is 5.82 Å². The van der Waals surface area contributed by atoms with Crippen LogP contribution in [-0.4, -0.2) is 37.7 Å². The Morgan fingerprint density at radius 3 is 2.67 bits per heavy atom. The van der Waals surface area contributed by atoms with Crippen LogP contribution in [0.4, 0.5) is 4.39 Å². The van der Waals surface area contributed by atoms with Crippen molar-refractivity contribution in [1.29, 1.82) is 0 Å². The molecule has 1 aromatic rings. The molecular formula is C15H21Cl2FN2O. The van der Waals surface area contributed by atoms with E-state index in [9.17, 15) is 4.39 Å². The second-order valence-electron chi connectivity index (χ2n) is 4.71. The third-order valence-corrected chi connectivity index (χ3v) is 3.70. The second kappa shape index (κ2) is 8.59. The molecule has 1 aliphatic rings. The summed E-state index contributed by atoms with van der Waals surface area (Å²) in [5, 5.41) is 3.61. The molecule has 0 radical (unpaired) electrons. The molecule has 0 saturated carbocycles. The largest absolute Gasteiger partial charge is 0.489 e. The molecule has 1 heterocycles. The van der Waals surface area contributed by atoms with Gasteiger partial charge in [-0.1, -0.05) is 17.7 Å². The van der Waals surface area contributed by atoms with Gasteiger partial charge >= 0.3 is 0 Å². The number of hydrogen-bond acceptors (Lipinski definition) is 3. The van der Waals surface area contributed by atoms with Gasteiger partial charge in [-0.25, -0.2) is 4.39 Å². The molecule has 1 N–H and O–H groups in total. The van der Waals surface area contributed by atoms with E-state index in [-0.39, 0.29) is 24.2 Å². The maximum absolute atomic E-state index is 14.1. The van der Waals surface area contributed by atoms with Crippen LogP contribution in [0.1, 0.15) is 18.5 Å². The molecule has 0 unspecified atom stereocenters. The summed E-state index contributed by atoms with van der Waals surface area (Å²) in [5.41, 5.74) is 0.813. The number of hydrogen-bond donors (Lipinski definition) is 1. The Hall–Kier alpha value is -0.810. The van der Waals surface area contributed by atoms with Gasteiger partial charge < -0.3 is 10.1 Å². The molecule has 0 spiro atoms. The second-order valence-corrected chi connectivity index (χ2v) is 5.12. The predicted molar refractivity (Wildman–Crippen MR) is 87.2 cm³/mol. The molecule has 3 nitrogen and oxygen atoms in total. The quantitative estimate of drug-likeness (QED) is 0.835. The van der Waals surface area contributed by atoms with Gasteiger partial charge in [0.05, 0.1) is 17.7 Å². The highest BCUT2D eigenvalue weighted by Crippen LogP contribution is 2.33. The summed E-state index contributed by atoms with van der Waals surface area (Å²) in [6.45, 7) is 9.73. The average molecular weight is 335 g/mol. The summed E-state index contributed by atoms with van der Waals surface area (Å²) in [5.74, 6) is -0.294. The van der Waals surface area contributed by atoms with Crippen molar-refractivity contribution < 1.29 is 9.13 Å². The Bertz CT molecular complexity index is 456. The predicted octanol–water partition coefficient (Wildman–Crippen LogP) is 3.43. The topological polar surface area (TPSA) is 24.5 Å². The normalized spacial score (nSPS) is 16.9. The smallest absolute Gasteiger partial charge is 0.173 e. The maximum Gasteiger partial charge on any atom is 0.173 e. The van der Waals surface area contributed by atoms with Gasteiger partial charge in [0.15, 0.2) is 11.6 Å². The third kappa shape index (κ3) is 4.33. The van der Waals surface area contributed by atoms with Gasteiger partial charge in [-0.05, 0) is 24.6 Å².